The Labute approximate surface area is 207 Å². The maximum absolute atomic E-state index is 14.0. The Bertz CT molecular complexity index is 1190. The summed E-state index contributed by atoms with van der Waals surface area (Å²) in [6, 6.07) is 17.6. The predicted octanol–water partition coefficient (Wildman–Crippen LogP) is 6.12. The summed E-state index contributed by atoms with van der Waals surface area (Å²) in [5.41, 5.74) is 3.24. The summed E-state index contributed by atoms with van der Waals surface area (Å²) >= 11 is 0. The number of carbonyl (C=O) groups excluding carboxylic acids is 2. The van der Waals surface area contributed by atoms with Crippen molar-refractivity contribution in [3.63, 3.8) is 0 Å². The fourth-order valence-corrected chi connectivity index (χ4v) is 4.67. The number of hydrogen-bond acceptors (Lipinski definition) is 2. The van der Waals surface area contributed by atoms with Gasteiger partial charge < -0.3 is 9.47 Å². The number of para-hydroxylation sites is 2. The van der Waals surface area contributed by atoms with Gasteiger partial charge in [0.2, 0.25) is 11.8 Å². The number of hydrogen-bond donors (Lipinski definition) is 0. The Kier molecular flexibility index (Phi) is 7.10. The van der Waals surface area contributed by atoms with Crippen molar-refractivity contribution in [2.24, 2.45) is 5.41 Å². The van der Waals surface area contributed by atoms with E-state index >= 15 is 0 Å². The van der Waals surface area contributed by atoms with Crippen molar-refractivity contribution in [3.05, 3.63) is 83.9 Å². The van der Waals surface area contributed by atoms with E-state index in [0.29, 0.717) is 13.0 Å². The van der Waals surface area contributed by atoms with Crippen molar-refractivity contribution in [1.29, 1.82) is 0 Å². The average Bonchev–Trinajstić information content (AvgIpc) is 3.30. The summed E-state index contributed by atoms with van der Waals surface area (Å²) in [6.45, 7) is 8.72. The highest BCUT2D eigenvalue weighted by molar-refractivity contribution is 6.00. The minimum Gasteiger partial charge on any atom is -0.333 e. The Hall–Kier alpha value is -3.41. The lowest BCUT2D eigenvalue weighted by Gasteiger charge is -2.39. The highest BCUT2D eigenvalue weighted by atomic mass is 19.1. The highest BCUT2D eigenvalue weighted by Gasteiger charge is 2.37. The molecule has 6 heteroatoms. The van der Waals surface area contributed by atoms with Crippen LogP contribution in [0.4, 0.5) is 10.1 Å². The van der Waals surface area contributed by atoms with Gasteiger partial charge in [-0.3, -0.25) is 14.5 Å². The van der Waals surface area contributed by atoms with Crippen LogP contribution in [0.5, 0.6) is 0 Å². The van der Waals surface area contributed by atoms with E-state index in [2.05, 4.69) is 11.5 Å². The van der Waals surface area contributed by atoms with Crippen molar-refractivity contribution >= 4 is 17.5 Å². The molecule has 5 nitrogen and oxygen atoms in total. The van der Waals surface area contributed by atoms with Crippen LogP contribution < -0.4 is 4.90 Å². The van der Waals surface area contributed by atoms with Gasteiger partial charge >= 0.3 is 0 Å². The normalized spacial score (nSPS) is 14.9. The molecule has 0 aliphatic carbocycles. The lowest BCUT2D eigenvalue weighted by Crippen LogP contribution is -2.47. The Morgan fingerprint density at radius 1 is 0.971 bits per heavy atom. The van der Waals surface area contributed by atoms with Crippen molar-refractivity contribution in [2.45, 2.75) is 53.0 Å². The maximum Gasteiger partial charge on any atom is 0.247 e. The molecule has 4 rings (SSSR count). The molecular weight excluding hydrogens is 441 g/mol. The summed E-state index contributed by atoms with van der Waals surface area (Å²) < 4.78 is 15.8. The van der Waals surface area contributed by atoms with Crippen LogP contribution in [0.3, 0.4) is 0 Å². The Morgan fingerprint density at radius 3 is 2.31 bits per heavy atom. The molecule has 0 saturated carbocycles. The summed E-state index contributed by atoms with van der Waals surface area (Å²) in [5, 5.41) is 0. The van der Waals surface area contributed by atoms with Crippen LogP contribution in [0, 0.1) is 11.2 Å². The third kappa shape index (κ3) is 5.31. The number of amides is 2. The van der Waals surface area contributed by atoms with E-state index < -0.39 is 6.04 Å². The number of halogens is 1. The van der Waals surface area contributed by atoms with Crippen LogP contribution in [0.15, 0.2) is 66.9 Å². The number of fused-ring (bicyclic) bond motifs is 3. The summed E-state index contributed by atoms with van der Waals surface area (Å²) in [6.07, 6.45) is 4.13. The van der Waals surface area contributed by atoms with Crippen molar-refractivity contribution in [3.8, 4) is 5.69 Å². The van der Waals surface area contributed by atoms with Crippen LogP contribution in [0.25, 0.3) is 5.69 Å². The molecule has 0 spiro atoms. The van der Waals surface area contributed by atoms with E-state index in [1.165, 1.54) is 12.1 Å². The third-order valence-corrected chi connectivity index (χ3v) is 6.32. The van der Waals surface area contributed by atoms with Gasteiger partial charge in [-0.2, -0.15) is 0 Å². The van der Waals surface area contributed by atoms with E-state index in [9.17, 15) is 14.0 Å². The minimum atomic E-state index is -0.432. The van der Waals surface area contributed by atoms with Crippen molar-refractivity contribution in [1.82, 2.24) is 9.47 Å². The quantitative estimate of drug-likeness (QED) is 0.413. The van der Waals surface area contributed by atoms with E-state index in [0.717, 1.165) is 35.5 Å². The monoisotopic (exact) mass is 475 g/mol. The number of rotatable bonds is 7. The molecule has 1 atom stereocenters. The van der Waals surface area contributed by atoms with Gasteiger partial charge in [-0.15, -0.1) is 0 Å². The first kappa shape index (κ1) is 24.7. The number of carbonyl (C=O) groups is 2. The number of benzene rings is 2. The van der Waals surface area contributed by atoms with Gasteiger partial charge in [0.05, 0.1) is 17.1 Å². The lowest BCUT2D eigenvalue weighted by molar-refractivity contribution is -0.137. The first-order valence-corrected chi connectivity index (χ1v) is 12.3. The molecule has 1 unspecified atom stereocenters. The van der Waals surface area contributed by atoms with Crippen LogP contribution in [-0.4, -0.2) is 34.4 Å². The zero-order valence-electron chi connectivity index (χ0n) is 21.0. The second-order valence-electron chi connectivity index (χ2n) is 10.4. The third-order valence-electron chi connectivity index (χ3n) is 6.32. The molecule has 35 heavy (non-hydrogen) atoms. The molecule has 1 aliphatic heterocycles. The summed E-state index contributed by atoms with van der Waals surface area (Å²) in [5.74, 6) is -0.486. The van der Waals surface area contributed by atoms with E-state index in [1.807, 2.05) is 63.4 Å². The second kappa shape index (κ2) is 10.1. The van der Waals surface area contributed by atoms with Gasteiger partial charge in [-0.05, 0) is 53.8 Å². The highest BCUT2D eigenvalue weighted by Crippen LogP contribution is 2.42. The van der Waals surface area contributed by atoms with Gasteiger partial charge in [0, 0.05) is 19.2 Å². The molecule has 2 aromatic carbocycles. The molecule has 0 fully saturated rings. The number of aromatic nitrogens is 1. The SMILES string of the molecule is CCCCN(CC(=O)N1c2ccccc2-n2cccc2C1c1ccc(F)cc1)C(=O)CC(C)(C)C. The predicted molar refractivity (Wildman–Crippen MR) is 137 cm³/mol. The van der Waals surface area contributed by atoms with Gasteiger partial charge in [-0.1, -0.05) is 58.4 Å². The molecule has 0 N–H and O–H groups in total. The average molecular weight is 476 g/mol. The first-order valence-electron chi connectivity index (χ1n) is 12.3. The van der Waals surface area contributed by atoms with E-state index in [1.54, 1.807) is 21.9 Å². The molecule has 1 aromatic heterocycles. The molecule has 0 radical (unpaired) electrons. The smallest absolute Gasteiger partial charge is 0.247 e. The molecule has 0 saturated heterocycles. The molecule has 3 aromatic rings. The Morgan fingerprint density at radius 2 is 1.66 bits per heavy atom. The summed E-state index contributed by atoms with van der Waals surface area (Å²) in [7, 11) is 0. The van der Waals surface area contributed by atoms with E-state index in [-0.39, 0.29) is 29.6 Å². The molecule has 1 aliphatic rings. The van der Waals surface area contributed by atoms with Gasteiger partial charge in [0.25, 0.3) is 0 Å². The van der Waals surface area contributed by atoms with Crippen LogP contribution >= 0.6 is 0 Å². The maximum atomic E-state index is 14.0. The van der Waals surface area contributed by atoms with Gasteiger partial charge in [0.15, 0.2) is 0 Å². The zero-order valence-corrected chi connectivity index (χ0v) is 21.0. The van der Waals surface area contributed by atoms with Crippen LogP contribution in [0.2, 0.25) is 0 Å². The number of unbranched alkanes of at least 4 members (excludes halogenated alkanes) is 1. The molecule has 184 valence electrons. The number of nitrogens with zero attached hydrogens (tertiary/aromatic N) is 3. The lowest BCUT2D eigenvalue weighted by atomic mass is 9.91. The fourth-order valence-electron chi connectivity index (χ4n) is 4.67. The second-order valence-corrected chi connectivity index (χ2v) is 10.4. The van der Waals surface area contributed by atoms with Crippen molar-refractivity contribution < 1.29 is 14.0 Å². The fraction of sp³-hybridized carbons (Fsp3) is 0.379. The van der Waals surface area contributed by atoms with Gasteiger partial charge in [0.1, 0.15) is 18.4 Å². The van der Waals surface area contributed by atoms with Crippen LogP contribution in [0.1, 0.15) is 64.3 Å². The standard InChI is InChI=1S/C29H34FN3O2/c1-5-6-17-31(26(34)19-29(2,3)4)20-27(35)33-24-11-8-7-10-23(24)32-18-9-12-25(32)28(33)21-13-15-22(30)16-14-21/h7-16,18,28H,5-6,17,19-20H2,1-4H3. The minimum absolute atomic E-state index is 0.00164. The topological polar surface area (TPSA) is 45.6 Å². The van der Waals surface area contributed by atoms with Crippen LogP contribution in [-0.2, 0) is 9.59 Å². The summed E-state index contributed by atoms with van der Waals surface area (Å²) in [4.78, 5) is 30.7. The number of anilines is 1. The molecular formula is C29H34FN3O2. The zero-order chi connectivity index (χ0) is 25.2. The molecule has 2 heterocycles. The molecule has 2 amide bonds. The molecule has 0 bridgehead atoms. The van der Waals surface area contributed by atoms with Gasteiger partial charge in [-0.25, -0.2) is 4.39 Å². The Balaban J connectivity index is 1.75. The first-order chi connectivity index (χ1) is 16.7. The van der Waals surface area contributed by atoms with E-state index in [4.69, 9.17) is 0 Å². The van der Waals surface area contributed by atoms with Crippen molar-refractivity contribution in [2.75, 3.05) is 18.0 Å². The largest absolute Gasteiger partial charge is 0.333 e.